The summed E-state index contributed by atoms with van der Waals surface area (Å²) in [5.74, 6) is 0.589. The van der Waals surface area contributed by atoms with Gasteiger partial charge in [-0.05, 0) is 57.0 Å². The molecule has 4 aromatic rings. The lowest BCUT2D eigenvalue weighted by molar-refractivity contribution is -0.120. The van der Waals surface area contributed by atoms with Crippen LogP contribution >= 0.6 is 0 Å². The first-order valence-corrected chi connectivity index (χ1v) is 9.49. The van der Waals surface area contributed by atoms with E-state index in [-0.39, 0.29) is 12.3 Å². The van der Waals surface area contributed by atoms with Gasteiger partial charge < -0.3 is 14.2 Å². The molecule has 6 nitrogen and oxygen atoms in total. The molecular formula is C23H22N2O4. The molecule has 0 atom stereocenters. The second-order valence-corrected chi connectivity index (χ2v) is 7.31. The molecule has 0 aliphatic rings. The van der Waals surface area contributed by atoms with Crippen molar-refractivity contribution in [3.05, 3.63) is 74.6 Å². The molecule has 4 rings (SSSR count). The van der Waals surface area contributed by atoms with Gasteiger partial charge >= 0.3 is 5.63 Å². The lowest BCUT2D eigenvalue weighted by atomic mass is 9.99. The first-order valence-electron chi connectivity index (χ1n) is 9.49. The van der Waals surface area contributed by atoms with Crippen molar-refractivity contribution in [2.75, 3.05) is 0 Å². The molecule has 29 heavy (non-hydrogen) atoms. The Bertz CT molecular complexity index is 1300. The van der Waals surface area contributed by atoms with Crippen molar-refractivity contribution in [3.63, 3.8) is 0 Å². The molecule has 1 aromatic carbocycles. The van der Waals surface area contributed by atoms with E-state index < -0.39 is 5.63 Å². The van der Waals surface area contributed by atoms with Crippen LogP contribution in [0.2, 0.25) is 0 Å². The Morgan fingerprint density at radius 2 is 1.72 bits per heavy atom. The zero-order valence-electron chi connectivity index (χ0n) is 16.9. The molecule has 1 amide bonds. The van der Waals surface area contributed by atoms with Gasteiger partial charge in [-0.25, -0.2) is 4.79 Å². The lowest BCUT2D eigenvalue weighted by Crippen LogP contribution is -2.27. The second kappa shape index (κ2) is 7.20. The van der Waals surface area contributed by atoms with E-state index in [1.807, 2.05) is 52.0 Å². The van der Waals surface area contributed by atoms with Crippen LogP contribution in [-0.2, 0) is 17.8 Å². The number of aromatic nitrogens is 1. The van der Waals surface area contributed by atoms with E-state index in [0.717, 1.165) is 44.5 Å². The van der Waals surface area contributed by atoms with Crippen molar-refractivity contribution >= 4 is 27.8 Å². The minimum absolute atomic E-state index is 0.0442. The molecule has 148 valence electrons. The largest absolute Gasteiger partial charge is 0.461 e. The predicted octanol–water partition coefficient (Wildman–Crippen LogP) is 4.03. The van der Waals surface area contributed by atoms with Crippen LogP contribution in [0.3, 0.4) is 0 Å². The molecule has 0 unspecified atom stereocenters. The monoisotopic (exact) mass is 390 g/mol. The second-order valence-electron chi connectivity index (χ2n) is 7.31. The minimum atomic E-state index is -0.495. The SMILES string of the molecule is Cc1oc2c(C)c3oc(=O)c(CC(=O)NCc4ccccn4)c(C)c3cc2c1C. The van der Waals surface area contributed by atoms with E-state index in [1.54, 1.807) is 6.20 Å². The third-order valence-corrected chi connectivity index (χ3v) is 5.47. The van der Waals surface area contributed by atoms with Crippen LogP contribution in [0.5, 0.6) is 0 Å². The Morgan fingerprint density at radius 3 is 2.45 bits per heavy atom. The number of hydrogen-bond acceptors (Lipinski definition) is 5. The third-order valence-electron chi connectivity index (χ3n) is 5.47. The van der Waals surface area contributed by atoms with Gasteiger partial charge in [0.05, 0.1) is 24.2 Å². The first-order chi connectivity index (χ1) is 13.9. The van der Waals surface area contributed by atoms with Gasteiger partial charge in [-0.3, -0.25) is 9.78 Å². The van der Waals surface area contributed by atoms with E-state index in [4.69, 9.17) is 8.83 Å². The number of aryl methyl sites for hydroxylation is 4. The molecule has 0 fully saturated rings. The van der Waals surface area contributed by atoms with Gasteiger partial charge in [0.1, 0.15) is 16.9 Å². The van der Waals surface area contributed by atoms with Crippen molar-refractivity contribution in [1.82, 2.24) is 10.3 Å². The maximum absolute atomic E-state index is 12.6. The van der Waals surface area contributed by atoms with Crippen LogP contribution in [0.4, 0.5) is 0 Å². The Labute approximate surface area is 167 Å². The van der Waals surface area contributed by atoms with Gasteiger partial charge in [0.2, 0.25) is 5.91 Å². The Balaban J connectivity index is 1.71. The van der Waals surface area contributed by atoms with Gasteiger partial charge in [-0.1, -0.05) is 6.07 Å². The van der Waals surface area contributed by atoms with Crippen LogP contribution < -0.4 is 10.9 Å². The summed E-state index contributed by atoms with van der Waals surface area (Å²) in [5, 5.41) is 4.63. The number of hydrogen-bond donors (Lipinski definition) is 1. The fourth-order valence-corrected chi connectivity index (χ4v) is 3.61. The van der Waals surface area contributed by atoms with Gasteiger partial charge in [0.15, 0.2) is 0 Å². The van der Waals surface area contributed by atoms with Gasteiger partial charge in [0, 0.05) is 22.5 Å². The number of benzene rings is 1. The summed E-state index contributed by atoms with van der Waals surface area (Å²) in [6, 6.07) is 7.49. The average molecular weight is 390 g/mol. The summed E-state index contributed by atoms with van der Waals surface area (Å²) in [5.41, 5.74) is 4.48. The molecule has 0 aliphatic heterocycles. The Kier molecular flexibility index (Phi) is 4.70. The number of fused-ring (bicyclic) bond motifs is 2. The first kappa shape index (κ1) is 18.9. The maximum atomic E-state index is 12.6. The van der Waals surface area contributed by atoms with Crippen molar-refractivity contribution in [2.24, 2.45) is 0 Å². The fourth-order valence-electron chi connectivity index (χ4n) is 3.61. The normalized spacial score (nSPS) is 11.3. The van der Waals surface area contributed by atoms with Crippen LogP contribution in [-0.4, -0.2) is 10.9 Å². The molecule has 3 aromatic heterocycles. The van der Waals surface area contributed by atoms with Crippen molar-refractivity contribution in [1.29, 1.82) is 0 Å². The lowest BCUT2D eigenvalue weighted by Gasteiger charge is -2.10. The highest BCUT2D eigenvalue weighted by Crippen LogP contribution is 2.34. The molecule has 0 spiro atoms. The molecule has 0 radical (unpaired) electrons. The molecule has 0 saturated carbocycles. The van der Waals surface area contributed by atoms with Crippen molar-refractivity contribution in [3.8, 4) is 0 Å². The Morgan fingerprint density at radius 1 is 1.00 bits per heavy atom. The van der Waals surface area contributed by atoms with Gasteiger partial charge in [-0.2, -0.15) is 0 Å². The number of rotatable bonds is 4. The summed E-state index contributed by atoms with van der Waals surface area (Å²) in [6.45, 7) is 7.97. The fraction of sp³-hybridized carbons (Fsp3) is 0.261. The number of furan rings is 1. The molecule has 0 saturated heterocycles. The molecule has 0 bridgehead atoms. The number of nitrogens with one attached hydrogen (secondary N) is 1. The molecular weight excluding hydrogens is 368 g/mol. The van der Waals surface area contributed by atoms with Gasteiger partial charge in [-0.15, -0.1) is 0 Å². The van der Waals surface area contributed by atoms with E-state index in [2.05, 4.69) is 10.3 Å². The van der Waals surface area contributed by atoms with Crippen LogP contribution in [0, 0.1) is 27.7 Å². The summed E-state index contributed by atoms with van der Waals surface area (Å²) < 4.78 is 11.5. The summed E-state index contributed by atoms with van der Waals surface area (Å²) in [7, 11) is 0. The van der Waals surface area contributed by atoms with E-state index >= 15 is 0 Å². The smallest absolute Gasteiger partial charge is 0.340 e. The number of carbonyl (C=O) groups excluding carboxylic acids is 1. The van der Waals surface area contributed by atoms with Crippen LogP contribution in [0.15, 0.2) is 44.1 Å². The highest BCUT2D eigenvalue weighted by molar-refractivity contribution is 6.00. The average Bonchev–Trinajstić information content (AvgIpc) is 3.00. The summed E-state index contributed by atoms with van der Waals surface area (Å²) in [6.07, 6.45) is 1.63. The summed E-state index contributed by atoms with van der Waals surface area (Å²) in [4.78, 5) is 29.2. The number of nitrogens with zero attached hydrogens (tertiary/aromatic N) is 1. The van der Waals surface area contributed by atoms with Crippen molar-refractivity contribution < 1.29 is 13.6 Å². The van der Waals surface area contributed by atoms with Gasteiger partial charge in [0.25, 0.3) is 0 Å². The zero-order valence-corrected chi connectivity index (χ0v) is 16.9. The number of carbonyl (C=O) groups is 1. The molecule has 6 heteroatoms. The van der Waals surface area contributed by atoms with E-state index in [0.29, 0.717) is 17.7 Å². The quantitative estimate of drug-likeness (QED) is 0.532. The molecule has 1 N–H and O–H groups in total. The zero-order chi connectivity index (χ0) is 20.7. The van der Waals surface area contributed by atoms with Crippen LogP contribution in [0.1, 0.15) is 33.7 Å². The maximum Gasteiger partial charge on any atom is 0.340 e. The molecule has 3 heterocycles. The number of amides is 1. The number of pyridine rings is 1. The molecule has 0 aliphatic carbocycles. The Hall–Kier alpha value is -3.41. The van der Waals surface area contributed by atoms with Crippen molar-refractivity contribution in [2.45, 2.75) is 40.7 Å². The topological polar surface area (TPSA) is 85.3 Å². The highest BCUT2D eigenvalue weighted by Gasteiger charge is 2.20. The van der Waals surface area contributed by atoms with E-state index in [9.17, 15) is 9.59 Å². The predicted molar refractivity (Wildman–Crippen MR) is 111 cm³/mol. The minimum Gasteiger partial charge on any atom is -0.461 e. The standard InChI is InChI=1S/C23H22N2O4/c1-12-15(4)28-21-14(3)22-18(9-17(12)21)13(2)19(23(27)29-22)10-20(26)25-11-16-7-5-6-8-24-16/h5-9H,10-11H2,1-4H3,(H,25,26). The summed E-state index contributed by atoms with van der Waals surface area (Å²) >= 11 is 0. The van der Waals surface area contributed by atoms with Crippen LogP contribution in [0.25, 0.3) is 21.9 Å². The van der Waals surface area contributed by atoms with E-state index in [1.165, 1.54) is 0 Å². The third kappa shape index (κ3) is 3.31. The highest BCUT2D eigenvalue weighted by atomic mass is 16.4.